The smallest absolute Gasteiger partial charge is 0.304 e. The van der Waals surface area contributed by atoms with Gasteiger partial charge < -0.3 is 10.5 Å². The van der Waals surface area contributed by atoms with Crippen molar-refractivity contribution in [2.75, 3.05) is 0 Å². The number of amides is 1. The molecule has 0 rings (SSSR count). The lowest BCUT2D eigenvalue weighted by Gasteiger charge is -2.20. The van der Waals surface area contributed by atoms with E-state index in [9.17, 15) is 9.59 Å². The maximum Gasteiger partial charge on any atom is 0.304 e. The molecule has 0 bridgehead atoms. The van der Waals surface area contributed by atoms with Crippen molar-refractivity contribution in [3.05, 3.63) is 0 Å². The second-order valence-corrected chi connectivity index (χ2v) is 2.79. The molecule has 0 aromatic rings. The lowest BCUT2D eigenvalue weighted by Crippen LogP contribution is -2.28. The highest BCUT2D eigenvalue weighted by Crippen LogP contribution is 2.13. The molecule has 0 saturated heterocycles. The quantitative estimate of drug-likeness (QED) is 0.491. The van der Waals surface area contributed by atoms with Crippen LogP contribution in [0.15, 0.2) is 0 Å². The van der Waals surface area contributed by atoms with Gasteiger partial charge in [0, 0.05) is 6.92 Å². The lowest BCUT2D eigenvalue weighted by molar-refractivity contribution is -0.150. The first-order valence-corrected chi connectivity index (χ1v) is 3.92. The summed E-state index contributed by atoms with van der Waals surface area (Å²) >= 11 is 0. The molecule has 0 saturated carbocycles. The SMILES string of the molecule is CCC(C)(C#CC(N)=O)OC(C)=O. The first-order valence-electron chi connectivity index (χ1n) is 3.92. The zero-order chi connectivity index (χ0) is 10.5. The first kappa shape index (κ1) is 11.5. The molecule has 1 atom stereocenters. The van der Waals surface area contributed by atoms with Gasteiger partial charge in [-0.1, -0.05) is 6.92 Å². The van der Waals surface area contributed by atoms with Gasteiger partial charge in [-0.25, -0.2) is 0 Å². The molecule has 0 fully saturated rings. The Morgan fingerprint density at radius 3 is 2.38 bits per heavy atom. The minimum Gasteiger partial charge on any atom is -0.446 e. The molecule has 0 aromatic carbocycles. The molecule has 0 spiro atoms. The van der Waals surface area contributed by atoms with Gasteiger partial charge in [-0.3, -0.25) is 9.59 Å². The molecule has 0 aliphatic carbocycles. The maximum atomic E-state index is 10.7. The van der Waals surface area contributed by atoms with Crippen LogP contribution in [0.1, 0.15) is 27.2 Å². The molecule has 72 valence electrons. The molecule has 1 amide bonds. The summed E-state index contributed by atoms with van der Waals surface area (Å²) in [4.78, 5) is 21.0. The Morgan fingerprint density at radius 2 is 2.08 bits per heavy atom. The number of carbonyl (C=O) groups excluding carboxylic acids is 2. The third kappa shape index (κ3) is 4.86. The molecule has 1 unspecified atom stereocenters. The molecule has 4 nitrogen and oxygen atoms in total. The van der Waals surface area contributed by atoms with Crippen LogP contribution >= 0.6 is 0 Å². The topological polar surface area (TPSA) is 69.4 Å². The number of carbonyl (C=O) groups is 2. The lowest BCUT2D eigenvalue weighted by atomic mass is 10.0. The Balaban J connectivity index is 4.57. The van der Waals surface area contributed by atoms with Crippen molar-refractivity contribution in [1.82, 2.24) is 0 Å². The van der Waals surface area contributed by atoms with E-state index in [-0.39, 0.29) is 0 Å². The van der Waals surface area contributed by atoms with Gasteiger partial charge in [-0.05, 0) is 25.2 Å². The molecule has 0 aromatic heterocycles. The second kappa shape index (κ2) is 4.51. The Labute approximate surface area is 77.4 Å². The molecule has 0 radical (unpaired) electrons. The fraction of sp³-hybridized carbons (Fsp3) is 0.556. The van der Waals surface area contributed by atoms with Gasteiger partial charge >= 0.3 is 5.97 Å². The summed E-state index contributed by atoms with van der Waals surface area (Å²) in [6.45, 7) is 4.73. The Kier molecular flexibility index (Phi) is 3.99. The molecule has 2 N–H and O–H groups in total. The largest absolute Gasteiger partial charge is 0.446 e. The van der Waals surface area contributed by atoms with E-state index in [0.717, 1.165) is 0 Å². The highest BCUT2D eigenvalue weighted by Gasteiger charge is 2.22. The van der Waals surface area contributed by atoms with E-state index in [1.807, 2.05) is 0 Å². The van der Waals surface area contributed by atoms with Crippen molar-refractivity contribution < 1.29 is 14.3 Å². The number of hydrogen-bond acceptors (Lipinski definition) is 3. The number of ether oxygens (including phenoxy) is 1. The average Bonchev–Trinajstić information content (AvgIpc) is 2.00. The van der Waals surface area contributed by atoms with Gasteiger partial charge in [0.25, 0.3) is 5.91 Å². The van der Waals surface area contributed by atoms with Gasteiger partial charge in [0.05, 0.1) is 0 Å². The normalized spacial score (nSPS) is 13.5. The van der Waals surface area contributed by atoms with Gasteiger partial charge in [0.2, 0.25) is 0 Å². The first-order chi connectivity index (χ1) is 5.89. The summed E-state index contributed by atoms with van der Waals surface area (Å²) in [5.41, 5.74) is 3.92. The summed E-state index contributed by atoms with van der Waals surface area (Å²) in [5, 5.41) is 0. The molecule has 0 aliphatic rings. The summed E-state index contributed by atoms with van der Waals surface area (Å²) < 4.78 is 4.92. The molecular formula is C9H13NO3. The second-order valence-electron chi connectivity index (χ2n) is 2.79. The molecular weight excluding hydrogens is 170 g/mol. The number of hydrogen-bond donors (Lipinski definition) is 1. The van der Waals surface area contributed by atoms with Crippen LogP contribution < -0.4 is 5.73 Å². The predicted molar refractivity (Wildman–Crippen MR) is 47.4 cm³/mol. The highest BCUT2D eigenvalue weighted by atomic mass is 16.6. The van der Waals surface area contributed by atoms with Gasteiger partial charge in [0.1, 0.15) is 0 Å². The van der Waals surface area contributed by atoms with E-state index in [0.29, 0.717) is 6.42 Å². The van der Waals surface area contributed by atoms with Crippen LogP contribution in [-0.2, 0) is 14.3 Å². The summed E-state index contributed by atoms with van der Waals surface area (Å²) in [6.07, 6.45) is 0.507. The maximum absolute atomic E-state index is 10.7. The molecule has 0 aliphatic heterocycles. The Morgan fingerprint density at radius 1 is 1.54 bits per heavy atom. The summed E-state index contributed by atoms with van der Waals surface area (Å²) in [7, 11) is 0. The Bertz CT molecular complexity index is 274. The van der Waals surface area contributed by atoms with E-state index >= 15 is 0 Å². The van der Waals surface area contributed by atoms with Gasteiger partial charge in [-0.2, -0.15) is 0 Å². The van der Waals surface area contributed by atoms with Crippen LogP contribution in [-0.4, -0.2) is 17.5 Å². The third-order valence-corrected chi connectivity index (χ3v) is 1.49. The van der Waals surface area contributed by atoms with E-state index in [1.54, 1.807) is 13.8 Å². The van der Waals surface area contributed by atoms with Crippen LogP contribution in [0, 0.1) is 11.8 Å². The number of primary amides is 1. The fourth-order valence-electron chi connectivity index (χ4n) is 0.697. The van der Waals surface area contributed by atoms with Crippen LogP contribution in [0.2, 0.25) is 0 Å². The van der Waals surface area contributed by atoms with E-state index < -0.39 is 17.5 Å². The molecule has 0 heterocycles. The molecule has 13 heavy (non-hydrogen) atoms. The van der Waals surface area contributed by atoms with E-state index in [2.05, 4.69) is 11.8 Å². The fourth-order valence-corrected chi connectivity index (χ4v) is 0.697. The number of rotatable bonds is 2. The van der Waals surface area contributed by atoms with Crippen molar-refractivity contribution in [2.24, 2.45) is 5.73 Å². The zero-order valence-corrected chi connectivity index (χ0v) is 8.01. The highest BCUT2D eigenvalue weighted by molar-refractivity contribution is 5.92. The number of nitrogens with two attached hydrogens (primary N) is 1. The van der Waals surface area contributed by atoms with Gasteiger partial charge in [-0.15, -0.1) is 0 Å². The average molecular weight is 183 g/mol. The standard InChI is InChI=1S/C9H13NO3/c1-4-9(3,13-7(2)11)6-5-8(10)12/h4H2,1-3H3,(H2,10,12). The van der Waals surface area contributed by atoms with Crippen LogP contribution in [0.5, 0.6) is 0 Å². The van der Waals surface area contributed by atoms with Crippen molar-refractivity contribution in [3.63, 3.8) is 0 Å². The summed E-state index contributed by atoms with van der Waals surface area (Å²) in [5.74, 6) is 3.51. The van der Waals surface area contributed by atoms with Crippen molar-refractivity contribution in [3.8, 4) is 11.8 Å². The van der Waals surface area contributed by atoms with E-state index in [4.69, 9.17) is 10.5 Å². The number of esters is 1. The minimum absolute atomic E-state index is 0.428. The van der Waals surface area contributed by atoms with Crippen LogP contribution in [0.25, 0.3) is 0 Å². The van der Waals surface area contributed by atoms with Crippen molar-refractivity contribution in [1.29, 1.82) is 0 Å². The zero-order valence-electron chi connectivity index (χ0n) is 8.01. The Hall–Kier alpha value is -1.50. The van der Waals surface area contributed by atoms with Gasteiger partial charge in [0.15, 0.2) is 5.60 Å². The van der Waals surface area contributed by atoms with E-state index in [1.165, 1.54) is 6.92 Å². The minimum atomic E-state index is -0.916. The summed E-state index contributed by atoms with van der Waals surface area (Å²) in [6, 6.07) is 0. The van der Waals surface area contributed by atoms with Crippen LogP contribution in [0.3, 0.4) is 0 Å². The van der Waals surface area contributed by atoms with Crippen molar-refractivity contribution >= 4 is 11.9 Å². The predicted octanol–water partition coefficient (Wildman–Crippen LogP) is 0.207. The molecule has 4 heteroatoms. The third-order valence-electron chi connectivity index (χ3n) is 1.49. The monoisotopic (exact) mass is 183 g/mol. The van der Waals surface area contributed by atoms with Crippen LogP contribution in [0.4, 0.5) is 0 Å². The van der Waals surface area contributed by atoms with Crippen molar-refractivity contribution in [2.45, 2.75) is 32.8 Å².